The highest BCUT2D eigenvalue weighted by Crippen LogP contribution is 2.43. The molecule has 0 bridgehead atoms. The van der Waals surface area contributed by atoms with Gasteiger partial charge in [-0.05, 0) is 38.1 Å². The fourth-order valence-electron chi connectivity index (χ4n) is 2.96. The minimum atomic E-state index is -0.296. The summed E-state index contributed by atoms with van der Waals surface area (Å²) < 4.78 is 5.46. The van der Waals surface area contributed by atoms with Gasteiger partial charge in [-0.3, -0.25) is 0 Å². The molecule has 0 aromatic heterocycles. The lowest BCUT2D eigenvalue weighted by atomic mass is 9.79. The predicted octanol–water partition coefficient (Wildman–Crippen LogP) is 1.41. The van der Waals surface area contributed by atoms with E-state index in [9.17, 15) is 4.79 Å². The third-order valence-electron chi connectivity index (χ3n) is 3.78. The molecule has 0 aliphatic carbocycles. The summed E-state index contributed by atoms with van der Waals surface area (Å²) in [6.45, 7) is 1.80. The van der Waals surface area contributed by atoms with Crippen LogP contribution in [0.3, 0.4) is 0 Å². The molecule has 1 aromatic rings. The minimum Gasteiger partial charge on any atom is -0.496 e. The van der Waals surface area contributed by atoms with Gasteiger partial charge in [0.05, 0.1) is 18.3 Å². The second-order valence-corrected chi connectivity index (χ2v) is 4.79. The number of rotatable bonds is 1. The summed E-state index contributed by atoms with van der Waals surface area (Å²) in [5.74, 6) is 0.835. The average molecular weight is 247 g/mol. The average Bonchev–Trinajstić information content (AvgIpc) is 2.38. The van der Waals surface area contributed by atoms with Crippen LogP contribution in [0.5, 0.6) is 5.75 Å². The molecule has 0 unspecified atom stereocenters. The van der Waals surface area contributed by atoms with E-state index in [0.717, 1.165) is 42.9 Å². The van der Waals surface area contributed by atoms with E-state index in [1.165, 1.54) is 0 Å². The second-order valence-electron chi connectivity index (χ2n) is 4.79. The molecular formula is C13H17N3O2. The predicted molar refractivity (Wildman–Crippen MR) is 68.9 cm³/mol. The Labute approximate surface area is 106 Å². The molecular weight excluding hydrogens is 230 g/mol. The lowest BCUT2D eigenvalue weighted by Gasteiger charge is -2.43. The summed E-state index contributed by atoms with van der Waals surface area (Å²) in [5, 5.41) is 9.28. The zero-order valence-corrected chi connectivity index (χ0v) is 10.4. The van der Waals surface area contributed by atoms with Crippen molar-refractivity contribution in [2.75, 3.05) is 25.5 Å². The van der Waals surface area contributed by atoms with Crippen LogP contribution in [0.4, 0.5) is 10.5 Å². The fraction of sp³-hybridized carbons (Fsp3) is 0.462. The van der Waals surface area contributed by atoms with Gasteiger partial charge in [-0.25, -0.2) is 4.79 Å². The van der Waals surface area contributed by atoms with Gasteiger partial charge in [-0.1, -0.05) is 6.07 Å². The van der Waals surface area contributed by atoms with Crippen LogP contribution < -0.4 is 20.7 Å². The molecule has 18 heavy (non-hydrogen) atoms. The number of urea groups is 1. The van der Waals surface area contributed by atoms with Gasteiger partial charge in [0.15, 0.2) is 0 Å². The van der Waals surface area contributed by atoms with Crippen molar-refractivity contribution >= 4 is 11.7 Å². The van der Waals surface area contributed by atoms with E-state index >= 15 is 0 Å². The van der Waals surface area contributed by atoms with Crippen LogP contribution in [0, 0.1) is 0 Å². The Morgan fingerprint density at radius 2 is 2.06 bits per heavy atom. The highest BCUT2D eigenvalue weighted by Gasteiger charge is 2.42. The summed E-state index contributed by atoms with van der Waals surface area (Å²) in [6.07, 6.45) is 1.77. The first kappa shape index (κ1) is 11.3. The molecule has 2 aliphatic heterocycles. The third kappa shape index (κ3) is 1.62. The van der Waals surface area contributed by atoms with Crippen LogP contribution in [0.1, 0.15) is 18.4 Å². The van der Waals surface area contributed by atoms with Gasteiger partial charge in [0.2, 0.25) is 0 Å². The van der Waals surface area contributed by atoms with Gasteiger partial charge < -0.3 is 20.7 Å². The molecule has 5 heteroatoms. The summed E-state index contributed by atoms with van der Waals surface area (Å²) in [5.41, 5.74) is 1.64. The van der Waals surface area contributed by atoms with Crippen molar-refractivity contribution in [1.82, 2.24) is 10.6 Å². The molecule has 0 atom stereocenters. The summed E-state index contributed by atoms with van der Waals surface area (Å²) in [6, 6.07) is 5.65. The molecule has 2 amide bonds. The van der Waals surface area contributed by atoms with E-state index in [1.807, 2.05) is 18.2 Å². The number of carbonyl (C=O) groups excluding carboxylic acids is 1. The molecule has 2 aliphatic rings. The van der Waals surface area contributed by atoms with E-state index in [4.69, 9.17) is 4.74 Å². The third-order valence-corrected chi connectivity index (χ3v) is 3.78. The topological polar surface area (TPSA) is 62.4 Å². The molecule has 3 N–H and O–H groups in total. The van der Waals surface area contributed by atoms with Gasteiger partial charge in [0.1, 0.15) is 5.75 Å². The number of methoxy groups -OCH3 is 1. The highest BCUT2D eigenvalue weighted by atomic mass is 16.5. The van der Waals surface area contributed by atoms with Crippen LogP contribution >= 0.6 is 0 Å². The van der Waals surface area contributed by atoms with Crippen molar-refractivity contribution in [2.45, 2.75) is 18.4 Å². The highest BCUT2D eigenvalue weighted by molar-refractivity contribution is 5.94. The van der Waals surface area contributed by atoms with E-state index in [2.05, 4.69) is 16.0 Å². The maximum absolute atomic E-state index is 11.8. The lowest BCUT2D eigenvalue weighted by molar-refractivity contribution is 0.210. The first-order valence-corrected chi connectivity index (χ1v) is 6.22. The maximum Gasteiger partial charge on any atom is 0.319 e. The van der Waals surface area contributed by atoms with Crippen molar-refractivity contribution in [3.63, 3.8) is 0 Å². The SMILES string of the molecule is COc1cccc2c1C1(CCNCC1)NC(=O)N2. The van der Waals surface area contributed by atoms with Crippen LogP contribution in [-0.4, -0.2) is 26.2 Å². The molecule has 1 aromatic carbocycles. The Balaban J connectivity index is 2.15. The Hall–Kier alpha value is -1.75. The Morgan fingerprint density at radius 1 is 1.28 bits per heavy atom. The smallest absolute Gasteiger partial charge is 0.319 e. The summed E-state index contributed by atoms with van der Waals surface area (Å²) in [7, 11) is 1.67. The number of piperidine rings is 1. The van der Waals surface area contributed by atoms with Gasteiger partial charge in [-0.2, -0.15) is 0 Å². The quantitative estimate of drug-likeness (QED) is 0.703. The maximum atomic E-state index is 11.8. The van der Waals surface area contributed by atoms with Crippen LogP contribution in [-0.2, 0) is 5.54 Å². The van der Waals surface area contributed by atoms with Crippen molar-refractivity contribution in [2.24, 2.45) is 0 Å². The molecule has 5 nitrogen and oxygen atoms in total. The number of amides is 2. The van der Waals surface area contributed by atoms with Gasteiger partial charge >= 0.3 is 6.03 Å². The van der Waals surface area contributed by atoms with Gasteiger partial charge in [0, 0.05) is 5.56 Å². The molecule has 1 fully saturated rings. The van der Waals surface area contributed by atoms with E-state index in [0.29, 0.717) is 0 Å². The largest absolute Gasteiger partial charge is 0.496 e. The minimum absolute atomic E-state index is 0.127. The molecule has 3 rings (SSSR count). The number of ether oxygens (including phenoxy) is 1. The Morgan fingerprint density at radius 3 is 2.78 bits per heavy atom. The number of carbonyl (C=O) groups is 1. The molecule has 96 valence electrons. The van der Waals surface area contributed by atoms with Crippen LogP contribution in [0.15, 0.2) is 18.2 Å². The normalized spacial score (nSPS) is 20.8. The number of hydrogen-bond acceptors (Lipinski definition) is 3. The molecule has 1 spiro atoms. The number of fused-ring (bicyclic) bond motifs is 2. The number of nitrogens with one attached hydrogen (secondary N) is 3. The molecule has 0 saturated carbocycles. The van der Waals surface area contributed by atoms with Crippen molar-refractivity contribution in [1.29, 1.82) is 0 Å². The molecule has 1 saturated heterocycles. The Kier molecular flexibility index (Phi) is 2.63. The number of anilines is 1. The van der Waals surface area contributed by atoms with Crippen LogP contribution in [0.25, 0.3) is 0 Å². The summed E-state index contributed by atoms with van der Waals surface area (Å²) in [4.78, 5) is 11.8. The Bertz CT molecular complexity index is 481. The standard InChI is InChI=1S/C13H17N3O2/c1-18-10-4-2-3-9-11(10)13(16-12(17)15-9)5-7-14-8-6-13/h2-4,14H,5-8H2,1H3,(H2,15,16,17). The summed E-state index contributed by atoms with van der Waals surface area (Å²) >= 11 is 0. The second kappa shape index (κ2) is 4.17. The first-order chi connectivity index (χ1) is 8.75. The van der Waals surface area contributed by atoms with E-state index < -0.39 is 0 Å². The van der Waals surface area contributed by atoms with E-state index in [-0.39, 0.29) is 11.6 Å². The monoisotopic (exact) mass is 247 g/mol. The molecule has 0 radical (unpaired) electrons. The zero-order chi connectivity index (χ0) is 12.6. The molecule has 2 heterocycles. The van der Waals surface area contributed by atoms with Crippen molar-refractivity contribution in [3.05, 3.63) is 23.8 Å². The number of benzene rings is 1. The van der Waals surface area contributed by atoms with Crippen LogP contribution in [0.2, 0.25) is 0 Å². The zero-order valence-electron chi connectivity index (χ0n) is 10.4. The fourth-order valence-corrected chi connectivity index (χ4v) is 2.96. The number of hydrogen-bond donors (Lipinski definition) is 3. The van der Waals surface area contributed by atoms with Crippen molar-refractivity contribution < 1.29 is 9.53 Å². The van der Waals surface area contributed by atoms with Gasteiger partial charge in [-0.15, -0.1) is 0 Å². The van der Waals surface area contributed by atoms with E-state index in [1.54, 1.807) is 7.11 Å². The van der Waals surface area contributed by atoms with Crippen molar-refractivity contribution in [3.8, 4) is 5.75 Å². The lowest BCUT2D eigenvalue weighted by Crippen LogP contribution is -2.56. The van der Waals surface area contributed by atoms with Gasteiger partial charge in [0.25, 0.3) is 0 Å². The first-order valence-electron chi connectivity index (χ1n) is 6.22.